The Balaban J connectivity index is 1.51. The highest BCUT2D eigenvalue weighted by molar-refractivity contribution is 9.11. The van der Waals surface area contributed by atoms with Crippen LogP contribution in [0.15, 0.2) is 19.7 Å². The molecule has 2 amide bonds. The molecule has 4 rings (SSSR count). The minimum Gasteiger partial charge on any atom is -0.306 e. The molecule has 0 fully saturated rings. The third-order valence-electron chi connectivity index (χ3n) is 13.3. The Morgan fingerprint density at radius 2 is 0.667 bits per heavy atom. The number of rotatable bonds is 36. The lowest BCUT2D eigenvalue weighted by Crippen LogP contribution is -2.34. The quantitative estimate of drug-likeness (QED) is 0.0504. The predicted molar refractivity (Wildman–Crippen MR) is 273 cm³/mol. The van der Waals surface area contributed by atoms with E-state index >= 15 is 0 Å². The van der Waals surface area contributed by atoms with Gasteiger partial charge in [-0.3, -0.25) is 9.59 Å². The van der Waals surface area contributed by atoms with Gasteiger partial charge < -0.3 is 9.80 Å². The van der Waals surface area contributed by atoms with Crippen LogP contribution in [0.4, 0.5) is 11.4 Å². The van der Waals surface area contributed by atoms with Gasteiger partial charge in [-0.05, 0) is 81.5 Å². The van der Waals surface area contributed by atoms with E-state index < -0.39 is 0 Å². The lowest BCUT2D eigenvalue weighted by molar-refractivity contribution is -0.114. The number of halogens is 2. The molecule has 4 nitrogen and oxygen atoms in total. The van der Waals surface area contributed by atoms with Gasteiger partial charge in [0.15, 0.2) is 0 Å². The van der Waals surface area contributed by atoms with E-state index in [0.29, 0.717) is 23.0 Å². The fourth-order valence-electron chi connectivity index (χ4n) is 9.68. The second-order valence-electron chi connectivity index (χ2n) is 18.5. The molecule has 0 saturated carbocycles. The highest BCUT2D eigenvalue weighted by Crippen LogP contribution is 2.53. The number of amides is 2. The van der Waals surface area contributed by atoms with E-state index in [4.69, 9.17) is 0 Å². The third kappa shape index (κ3) is 16.9. The van der Waals surface area contributed by atoms with Crippen LogP contribution in [0.3, 0.4) is 0 Å². The van der Waals surface area contributed by atoms with Crippen LogP contribution in [0.1, 0.15) is 243 Å². The first-order valence-electron chi connectivity index (χ1n) is 25.3. The summed E-state index contributed by atoms with van der Waals surface area (Å²) in [5.74, 6) is 1.02. The molecule has 2 aliphatic heterocycles. The van der Waals surface area contributed by atoms with E-state index in [9.17, 15) is 9.59 Å². The van der Waals surface area contributed by atoms with Crippen LogP contribution in [0.2, 0.25) is 0 Å². The number of fused-ring (bicyclic) bond motifs is 2. The molecular weight excluding hydrogens is 909 g/mol. The Hall–Kier alpha value is -0.960. The van der Waals surface area contributed by atoms with Crippen molar-refractivity contribution in [2.75, 3.05) is 22.9 Å². The number of hydrogen-bond acceptors (Lipinski definition) is 4. The maximum absolute atomic E-state index is 14.9. The van der Waals surface area contributed by atoms with E-state index in [1.165, 1.54) is 205 Å². The van der Waals surface area contributed by atoms with Gasteiger partial charge in [0.25, 0.3) is 11.8 Å². The van der Waals surface area contributed by atoms with Gasteiger partial charge in [0, 0.05) is 13.1 Å². The fourth-order valence-corrected chi connectivity index (χ4v) is 12.9. The third-order valence-corrected chi connectivity index (χ3v) is 16.6. The molecule has 8 heteroatoms. The van der Waals surface area contributed by atoms with Crippen LogP contribution in [0.5, 0.6) is 0 Å². The first kappa shape index (κ1) is 51.7. The zero-order valence-corrected chi connectivity index (χ0v) is 43.4. The Labute approximate surface area is 393 Å². The number of anilines is 2. The van der Waals surface area contributed by atoms with Crippen LogP contribution in [-0.4, -0.2) is 24.9 Å². The predicted octanol–water partition coefficient (Wildman–Crippen LogP) is 18.7. The summed E-state index contributed by atoms with van der Waals surface area (Å²) in [4.78, 5) is 35.9. The van der Waals surface area contributed by atoms with Gasteiger partial charge in [-0.15, -0.1) is 22.7 Å². The zero-order valence-electron chi connectivity index (χ0n) is 38.6. The zero-order chi connectivity index (χ0) is 43.0. The molecule has 2 aliphatic rings. The number of carbonyl (C=O) groups excluding carboxylic acids is 2. The second kappa shape index (κ2) is 30.2. The SMILES string of the molecule is CCCCCCCCCCC(CCCCCCCC)CN1C(=O)/C(=C2/C(=O)N(CC(CCCCCCCC)CCCCCCCCCC)c3cc(Br)sc32)c2sc(Br)cc21. The molecule has 0 aromatic carbocycles. The molecule has 2 aromatic rings. The molecule has 0 aliphatic carbocycles. The monoisotopic (exact) mass is 990 g/mol. The number of nitrogens with zero attached hydrogens (tertiary/aromatic N) is 2. The van der Waals surface area contributed by atoms with Crippen LogP contribution in [-0.2, 0) is 9.59 Å². The summed E-state index contributed by atoms with van der Waals surface area (Å²) in [6.45, 7) is 10.6. The number of thiophene rings is 2. The molecule has 2 atom stereocenters. The summed E-state index contributed by atoms with van der Waals surface area (Å²) in [6, 6.07) is 4.29. The molecule has 2 aromatic heterocycles. The molecule has 0 radical (unpaired) electrons. The van der Waals surface area contributed by atoms with Crippen molar-refractivity contribution >= 4 is 88.9 Å². The second-order valence-corrected chi connectivity index (χ2v) is 23.3. The van der Waals surface area contributed by atoms with E-state index in [-0.39, 0.29) is 11.8 Å². The van der Waals surface area contributed by atoms with Crippen molar-refractivity contribution in [3.05, 3.63) is 29.5 Å². The summed E-state index contributed by atoms with van der Waals surface area (Å²) < 4.78 is 2.05. The minimum absolute atomic E-state index is 0.0378. The molecule has 2 unspecified atom stereocenters. The van der Waals surface area contributed by atoms with E-state index in [2.05, 4.69) is 81.5 Å². The smallest absolute Gasteiger partial charge is 0.260 e. The van der Waals surface area contributed by atoms with E-state index in [0.717, 1.165) is 41.8 Å². The Morgan fingerprint density at radius 3 is 0.933 bits per heavy atom. The van der Waals surface area contributed by atoms with Gasteiger partial charge in [0.05, 0.1) is 39.8 Å². The number of unbranched alkanes of at least 4 members (excludes halogenated alkanes) is 24. The normalized spacial score (nSPS) is 16.1. The molecular formula is C52H84Br2N2O2S2. The molecule has 0 spiro atoms. The van der Waals surface area contributed by atoms with Crippen molar-refractivity contribution in [1.29, 1.82) is 0 Å². The summed E-state index contributed by atoms with van der Waals surface area (Å²) in [7, 11) is 0. The van der Waals surface area contributed by atoms with Gasteiger partial charge in [-0.2, -0.15) is 0 Å². The topological polar surface area (TPSA) is 40.6 Å². The average Bonchev–Trinajstić information content (AvgIpc) is 3.93. The lowest BCUT2D eigenvalue weighted by Gasteiger charge is -2.25. The van der Waals surface area contributed by atoms with Crippen molar-refractivity contribution in [2.24, 2.45) is 11.8 Å². The average molecular weight is 993 g/mol. The van der Waals surface area contributed by atoms with E-state index in [1.807, 2.05) is 0 Å². The molecule has 0 saturated heterocycles. The summed E-state index contributed by atoms with van der Waals surface area (Å²) in [6.07, 6.45) is 41.4. The maximum atomic E-state index is 14.9. The minimum atomic E-state index is 0.0378. The largest absolute Gasteiger partial charge is 0.306 e. The maximum Gasteiger partial charge on any atom is 0.260 e. The van der Waals surface area contributed by atoms with Gasteiger partial charge in [-0.1, -0.05) is 207 Å². The van der Waals surface area contributed by atoms with Gasteiger partial charge in [0.2, 0.25) is 0 Å². The summed E-state index contributed by atoms with van der Waals surface area (Å²) in [5.41, 5.74) is 3.29. The Bertz CT molecular complexity index is 1440. The van der Waals surface area contributed by atoms with Crippen molar-refractivity contribution in [3.8, 4) is 0 Å². The summed E-state index contributed by atoms with van der Waals surface area (Å²) >= 11 is 10.9. The van der Waals surface area contributed by atoms with Crippen LogP contribution in [0.25, 0.3) is 11.1 Å². The van der Waals surface area contributed by atoms with Crippen LogP contribution in [0, 0.1) is 11.8 Å². The molecule has 60 heavy (non-hydrogen) atoms. The highest BCUT2D eigenvalue weighted by atomic mass is 79.9. The van der Waals surface area contributed by atoms with Crippen molar-refractivity contribution in [2.45, 2.75) is 233 Å². The first-order valence-corrected chi connectivity index (χ1v) is 28.5. The fraction of sp³-hybridized carbons (Fsp3) is 0.769. The molecule has 0 N–H and O–H groups in total. The van der Waals surface area contributed by atoms with Crippen molar-refractivity contribution in [1.82, 2.24) is 0 Å². The van der Waals surface area contributed by atoms with Gasteiger partial charge in [0.1, 0.15) is 0 Å². The number of hydrogen-bond donors (Lipinski definition) is 0. The van der Waals surface area contributed by atoms with Crippen molar-refractivity contribution < 1.29 is 9.59 Å². The lowest BCUT2D eigenvalue weighted by atomic mass is 9.93. The van der Waals surface area contributed by atoms with Gasteiger partial charge in [-0.25, -0.2) is 0 Å². The Morgan fingerprint density at radius 1 is 0.417 bits per heavy atom. The standard InChI is InChI=1S/C52H84Br2N2O2S2/c1-5-9-13-17-21-23-27-31-35-41(33-29-25-19-15-11-7-3)39-55-43-37-45(53)59-49(43)47(51(55)57)48-50-44(38-46(54)60-50)56(52(48)58)40-42(34-30-26-20-16-12-8-4)36-32-28-24-22-18-14-10-6-2/h37-38,41-42H,5-36,39-40H2,1-4H3/b48-47+. The van der Waals surface area contributed by atoms with Crippen molar-refractivity contribution in [3.63, 3.8) is 0 Å². The summed E-state index contributed by atoms with van der Waals surface area (Å²) in [5, 5.41) is 0. The Kier molecular flexibility index (Phi) is 26.0. The molecule has 4 heterocycles. The molecule has 340 valence electrons. The van der Waals surface area contributed by atoms with Crippen LogP contribution < -0.4 is 9.80 Å². The van der Waals surface area contributed by atoms with Gasteiger partial charge >= 0.3 is 0 Å². The van der Waals surface area contributed by atoms with E-state index in [1.54, 1.807) is 22.7 Å². The number of carbonyl (C=O) groups is 2. The molecule has 0 bridgehead atoms. The van der Waals surface area contributed by atoms with Crippen LogP contribution >= 0.6 is 54.5 Å². The highest BCUT2D eigenvalue weighted by Gasteiger charge is 2.45. The first-order chi connectivity index (χ1) is 29.3.